The van der Waals surface area contributed by atoms with Gasteiger partial charge in [-0.2, -0.15) is 15.8 Å². The van der Waals surface area contributed by atoms with Crippen LogP contribution in [-0.2, 0) is 0 Å². The van der Waals surface area contributed by atoms with Crippen molar-refractivity contribution in [2.75, 3.05) is 0 Å². The van der Waals surface area contributed by atoms with Gasteiger partial charge in [-0.1, -0.05) is 133 Å². The van der Waals surface area contributed by atoms with Gasteiger partial charge in [0.2, 0.25) is 0 Å². The Balaban J connectivity index is 1.41. The van der Waals surface area contributed by atoms with Gasteiger partial charge in [-0.25, -0.2) is 4.85 Å². The molecule has 0 fully saturated rings. The lowest BCUT2D eigenvalue weighted by atomic mass is 9.83. The van der Waals surface area contributed by atoms with Crippen LogP contribution >= 0.6 is 0 Å². The molecule has 0 spiro atoms. The van der Waals surface area contributed by atoms with Crippen molar-refractivity contribution in [2.24, 2.45) is 0 Å². The third kappa shape index (κ3) is 5.71. The monoisotopic (exact) mass is 836 g/mol. The molecule has 66 heavy (non-hydrogen) atoms. The number of aromatic nitrogens is 2. The van der Waals surface area contributed by atoms with E-state index in [-0.39, 0.29) is 0 Å². The topological polar surface area (TPSA) is 85.6 Å². The number of rotatable bonds is 5. The summed E-state index contributed by atoms with van der Waals surface area (Å²) >= 11 is 0. The van der Waals surface area contributed by atoms with E-state index in [9.17, 15) is 15.8 Å². The van der Waals surface area contributed by atoms with Crippen molar-refractivity contribution < 1.29 is 0 Å². The minimum absolute atomic E-state index is 0.427. The number of benzene rings is 10. The predicted octanol–water partition coefficient (Wildman–Crippen LogP) is 15.4. The second-order valence-corrected chi connectivity index (χ2v) is 16.5. The average molecular weight is 837 g/mol. The molecular formula is C60H32N6. The number of para-hydroxylation sites is 2. The van der Waals surface area contributed by atoms with Crippen molar-refractivity contribution in [3.63, 3.8) is 0 Å². The van der Waals surface area contributed by atoms with Gasteiger partial charge in [0, 0.05) is 38.2 Å². The molecule has 0 atom stereocenters. The van der Waals surface area contributed by atoms with Gasteiger partial charge in [0.1, 0.15) is 6.07 Å². The summed E-state index contributed by atoms with van der Waals surface area (Å²) in [6, 6.07) is 72.7. The van der Waals surface area contributed by atoms with Crippen molar-refractivity contribution in [1.82, 2.24) is 9.13 Å². The van der Waals surface area contributed by atoms with Crippen molar-refractivity contribution in [1.29, 1.82) is 15.8 Å². The fraction of sp³-hybridized carbons (Fsp3) is 0. The number of nitriles is 3. The third-order valence-electron chi connectivity index (χ3n) is 13.0. The van der Waals surface area contributed by atoms with Crippen LogP contribution in [0.3, 0.4) is 0 Å². The average Bonchev–Trinajstić information content (AvgIpc) is 3.87. The van der Waals surface area contributed by atoms with Gasteiger partial charge in [-0.05, 0) is 98.9 Å². The maximum absolute atomic E-state index is 12.0. The van der Waals surface area contributed by atoms with Crippen LogP contribution in [-0.4, -0.2) is 9.13 Å². The first kappa shape index (κ1) is 38.0. The Morgan fingerprint density at radius 3 is 1.15 bits per heavy atom. The molecule has 2 heterocycles. The Labute approximate surface area is 379 Å². The molecule has 6 nitrogen and oxygen atoms in total. The minimum Gasteiger partial charge on any atom is -0.308 e. The van der Waals surface area contributed by atoms with E-state index in [1.807, 2.05) is 48.5 Å². The molecule has 0 aliphatic rings. The van der Waals surface area contributed by atoms with Crippen LogP contribution in [0.5, 0.6) is 0 Å². The van der Waals surface area contributed by atoms with Gasteiger partial charge < -0.3 is 9.13 Å². The van der Waals surface area contributed by atoms with Gasteiger partial charge in [0.15, 0.2) is 5.69 Å². The van der Waals surface area contributed by atoms with Gasteiger partial charge in [-0.3, -0.25) is 0 Å². The Morgan fingerprint density at radius 2 is 0.742 bits per heavy atom. The Bertz CT molecular complexity index is 3940. The van der Waals surface area contributed by atoms with E-state index in [2.05, 4.69) is 154 Å². The standard InChI is InChI=1S/C60H32N6/c1-64-46-28-26-40(27-29-46)57-51(36-63)56(39-22-18-37(34-61)19-23-39)59(65-52-16-8-6-14-47(52)49-30-42-10-2-4-12-44(42)32-54(49)65)58(41-24-20-38(35-62)21-25-41)60(57)66-53-17-9-7-15-48(53)50-31-43-11-3-5-13-45(43)33-55(50)66/h2-33H. The predicted molar refractivity (Wildman–Crippen MR) is 267 cm³/mol. The normalized spacial score (nSPS) is 11.3. The summed E-state index contributed by atoms with van der Waals surface area (Å²) in [5.41, 5.74) is 11.8. The molecule has 0 radical (unpaired) electrons. The zero-order valence-electron chi connectivity index (χ0n) is 35.2. The summed E-state index contributed by atoms with van der Waals surface area (Å²) in [6.07, 6.45) is 0. The molecule has 10 aromatic carbocycles. The Morgan fingerprint density at radius 1 is 0.364 bits per heavy atom. The van der Waals surface area contributed by atoms with Crippen LogP contribution in [0.4, 0.5) is 5.69 Å². The first-order chi connectivity index (χ1) is 32.6. The fourth-order valence-corrected chi connectivity index (χ4v) is 10.0. The minimum atomic E-state index is 0.427. The van der Waals surface area contributed by atoms with Gasteiger partial charge in [-0.15, -0.1) is 0 Å². The molecule has 12 rings (SSSR count). The number of nitrogens with zero attached hydrogens (tertiary/aromatic N) is 6. The first-order valence-electron chi connectivity index (χ1n) is 21.5. The molecule has 0 N–H and O–H groups in total. The highest BCUT2D eigenvalue weighted by Gasteiger charge is 2.32. The van der Waals surface area contributed by atoms with Crippen LogP contribution in [0.2, 0.25) is 0 Å². The molecule has 302 valence electrons. The molecule has 6 heteroatoms. The third-order valence-corrected chi connectivity index (χ3v) is 13.0. The SMILES string of the molecule is [C-]#[N+]c1ccc(-c2c(C#N)c(-c3ccc(C#N)cc3)c(-n3c4ccccc4c4cc5ccccc5cc43)c(-c3ccc(C#N)cc3)c2-n2c3ccccc3c3cc4ccccc4cc32)cc1. The first-order valence-corrected chi connectivity index (χ1v) is 21.5. The van der Waals surface area contributed by atoms with Crippen molar-refractivity contribution in [2.45, 2.75) is 0 Å². The molecule has 0 aliphatic carbocycles. The highest BCUT2D eigenvalue weighted by Crippen LogP contribution is 2.52. The van der Waals surface area contributed by atoms with Gasteiger partial charge in [0.05, 0.1) is 68.8 Å². The maximum Gasteiger partial charge on any atom is 0.187 e. The van der Waals surface area contributed by atoms with Crippen LogP contribution in [0.1, 0.15) is 16.7 Å². The summed E-state index contributed by atoms with van der Waals surface area (Å²) in [5, 5.41) is 40.8. The molecule has 0 unspecified atom stereocenters. The zero-order chi connectivity index (χ0) is 44.5. The van der Waals surface area contributed by atoms with E-state index < -0.39 is 0 Å². The lowest BCUT2D eigenvalue weighted by molar-refractivity contribution is 1.14. The molecule has 12 aromatic rings. The largest absolute Gasteiger partial charge is 0.308 e. The molecule has 0 saturated heterocycles. The summed E-state index contributed by atoms with van der Waals surface area (Å²) in [4.78, 5) is 3.75. The maximum atomic E-state index is 12.0. The Hall–Kier alpha value is -9.72. The second kappa shape index (κ2) is 15.0. The lowest BCUT2D eigenvalue weighted by Crippen LogP contribution is -2.11. The molecule has 0 amide bonds. The summed E-state index contributed by atoms with van der Waals surface area (Å²) in [7, 11) is 0. The summed E-state index contributed by atoms with van der Waals surface area (Å²) < 4.78 is 4.64. The van der Waals surface area contributed by atoms with Crippen LogP contribution in [0, 0.1) is 40.6 Å². The molecule has 0 aliphatic heterocycles. The van der Waals surface area contributed by atoms with E-state index in [1.165, 1.54) is 0 Å². The van der Waals surface area contributed by atoms with E-state index >= 15 is 0 Å². The van der Waals surface area contributed by atoms with Crippen molar-refractivity contribution in [3.8, 4) is 63.0 Å². The van der Waals surface area contributed by atoms with Crippen LogP contribution < -0.4 is 0 Å². The van der Waals surface area contributed by atoms with E-state index in [0.717, 1.165) is 98.8 Å². The van der Waals surface area contributed by atoms with E-state index in [0.29, 0.717) is 33.5 Å². The highest BCUT2D eigenvalue weighted by atomic mass is 15.0. The number of hydrogen-bond acceptors (Lipinski definition) is 3. The molecule has 2 aromatic heterocycles. The number of hydrogen-bond donors (Lipinski definition) is 0. The smallest absolute Gasteiger partial charge is 0.187 e. The quantitative estimate of drug-likeness (QED) is 0.162. The summed E-state index contributed by atoms with van der Waals surface area (Å²) in [6.45, 7) is 7.87. The van der Waals surface area contributed by atoms with E-state index in [1.54, 1.807) is 24.3 Å². The molecule has 0 saturated carbocycles. The van der Waals surface area contributed by atoms with Gasteiger partial charge in [0.25, 0.3) is 0 Å². The van der Waals surface area contributed by atoms with Crippen LogP contribution in [0.15, 0.2) is 194 Å². The number of fused-ring (bicyclic) bond motifs is 8. The summed E-state index contributed by atoms with van der Waals surface area (Å²) in [5.74, 6) is 0. The molecule has 0 bridgehead atoms. The van der Waals surface area contributed by atoms with Gasteiger partial charge >= 0.3 is 0 Å². The van der Waals surface area contributed by atoms with Crippen LogP contribution in [0.25, 0.3) is 115 Å². The van der Waals surface area contributed by atoms with E-state index in [4.69, 9.17) is 6.57 Å². The van der Waals surface area contributed by atoms with Crippen molar-refractivity contribution >= 4 is 70.8 Å². The van der Waals surface area contributed by atoms with Crippen molar-refractivity contribution in [3.05, 3.63) is 222 Å². The fourth-order valence-electron chi connectivity index (χ4n) is 10.0. The zero-order valence-corrected chi connectivity index (χ0v) is 35.2. The Kier molecular flexibility index (Phi) is 8.62. The molecular weight excluding hydrogens is 805 g/mol. The lowest BCUT2D eigenvalue weighted by Gasteiger charge is -2.28. The second-order valence-electron chi connectivity index (χ2n) is 16.5. The highest BCUT2D eigenvalue weighted by molar-refractivity contribution is 6.18.